The first-order valence-corrected chi connectivity index (χ1v) is 6.04. The molecule has 0 aliphatic rings. The van der Waals surface area contributed by atoms with E-state index in [1.807, 2.05) is 0 Å². The van der Waals surface area contributed by atoms with Gasteiger partial charge in [-0.1, -0.05) is 45.3 Å². The van der Waals surface area contributed by atoms with Crippen LogP contribution in [0.3, 0.4) is 0 Å². The number of hydrogen-bond acceptors (Lipinski definition) is 2. The summed E-state index contributed by atoms with van der Waals surface area (Å²) in [4.78, 5) is 0. The zero-order chi connectivity index (χ0) is 9.23. The molecule has 0 aromatic rings. The van der Waals surface area contributed by atoms with E-state index in [1.165, 1.54) is 19.3 Å². The van der Waals surface area contributed by atoms with Crippen LogP contribution in [0.2, 0.25) is 0 Å². The van der Waals surface area contributed by atoms with Crippen LogP contribution in [-0.2, 0) is 21.1 Å². The van der Waals surface area contributed by atoms with E-state index in [4.69, 9.17) is 12.2 Å². The fourth-order valence-corrected chi connectivity index (χ4v) is 1.81. The van der Waals surface area contributed by atoms with Crippen LogP contribution in [0, 0.1) is 0 Å². The standard InChI is InChI=1S/C9H19NS2.Mo/c1-3-5-7-10-9(11)12-8-6-4-2;/h3-8H2,1-2H3,(H,10,11);/p-1. The van der Waals surface area contributed by atoms with Gasteiger partial charge < -0.3 is 5.32 Å². The third kappa shape index (κ3) is 12.9. The van der Waals surface area contributed by atoms with Gasteiger partial charge in [-0.2, -0.15) is 0 Å². The summed E-state index contributed by atoms with van der Waals surface area (Å²) in [6.07, 6.45) is 4.85. The first kappa shape index (κ1) is 16.4. The molecule has 0 rings (SSSR count). The molecule has 0 aromatic heterocycles. The molecule has 1 nitrogen and oxygen atoms in total. The predicted molar refractivity (Wildman–Crippen MR) is 63.1 cm³/mol. The molecule has 0 spiro atoms. The normalized spacial score (nSPS) is 9.08. The Labute approximate surface area is 106 Å². The Morgan fingerprint density at radius 1 is 1.23 bits per heavy atom. The third-order valence-electron chi connectivity index (χ3n) is 1.48. The van der Waals surface area contributed by atoms with E-state index in [0.29, 0.717) is 0 Å². The van der Waals surface area contributed by atoms with Crippen LogP contribution in [0.25, 0.3) is 5.32 Å². The minimum absolute atomic E-state index is 0. The van der Waals surface area contributed by atoms with E-state index in [2.05, 4.69) is 19.2 Å². The Bertz CT molecular complexity index is 108. The summed E-state index contributed by atoms with van der Waals surface area (Å²) in [6.45, 7) is 5.27. The molecule has 0 bridgehead atoms. The van der Waals surface area contributed by atoms with Crippen LogP contribution >= 0.6 is 24.0 Å². The van der Waals surface area contributed by atoms with Crippen molar-refractivity contribution in [1.82, 2.24) is 0 Å². The van der Waals surface area contributed by atoms with Crippen molar-refractivity contribution in [2.24, 2.45) is 0 Å². The second kappa shape index (κ2) is 12.9. The van der Waals surface area contributed by atoms with Crippen LogP contribution < -0.4 is 0 Å². The number of thioether (sulfide) groups is 1. The summed E-state index contributed by atoms with van der Waals surface area (Å²) in [5.41, 5.74) is 0. The molecule has 78 valence electrons. The number of unbranched alkanes of at least 4 members (excludes halogenated alkanes) is 2. The Hall–Kier alpha value is 0.928. The van der Waals surface area contributed by atoms with E-state index in [-0.39, 0.29) is 21.1 Å². The van der Waals surface area contributed by atoms with Crippen LogP contribution in [0.5, 0.6) is 0 Å². The summed E-state index contributed by atoms with van der Waals surface area (Å²) in [5, 5.41) is 4.28. The molecular formula is C9H18MoNS2-. The van der Waals surface area contributed by atoms with Crippen LogP contribution in [0.1, 0.15) is 39.5 Å². The summed E-state index contributed by atoms with van der Waals surface area (Å²) >= 11 is 6.79. The van der Waals surface area contributed by atoms with Gasteiger partial charge in [0.25, 0.3) is 0 Å². The van der Waals surface area contributed by atoms with Gasteiger partial charge in [0, 0.05) is 21.1 Å². The maximum absolute atomic E-state index is 5.08. The van der Waals surface area contributed by atoms with Gasteiger partial charge in [-0.25, -0.2) is 0 Å². The third-order valence-corrected chi connectivity index (χ3v) is 2.83. The monoisotopic (exact) mass is 302 g/mol. The molecule has 0 atom stereocenters. The summed E-state index contributed by atoms with van der Waals surface area (Å²) in [5.74, 6) is 1.13. The molecule has 0 radical (unpaired) electrons. The fourth-order valence-electron chi connectivity index (χ4n) is 0.678. The van der Waals surface area contributed by atoms with Gasteiger partial charge in [-0.05, 0) is 16.5 Å². The molecule has 0 N–H and O–H groups in total. The summed E-state index contributed by atoms with van der Waals surface area (Å²) in [7, 11) is 0. The van der Waals surface area contributed by atoms with Crippen LogP contribution in [0.15, 0.2) is 0 Å². The molecule has 0 amide bonds. The zero-order valence-corrected chi connectivity index (χ0v) is 12.1. The summed E-state index contributed by atoms with van der Waals surface area (Å²) in [6, 6.07) is 0. The van der Waals surface area contributed by atoms with Crippen molar-refractivity contribution in [3.63, 3.8) is 0 Å². The molecule has 0 fully saturated rings. The van der Waals surface area contributed by atoms with Crippen molar-refractivity contribution in [3.05, 3.63) is 5.32 Å². The van der Waals surface area contributed by atoms with Gasteiger partial charge in [0.15, 0.2) is 0 Å². The van der Waals surface area contributed by atoms with Crippen molar-refractivity contribution in [2.75, 3.05) is 12.3 Å². The topological polar surface area (TPSA) is 14.1 Å². The molecule has 0 saturated carbocycles. The average molecular weight is 300 g/mol. The number of thiocarbonyl (C=S) groups is 1. The number of hydrogen-bond donors (Lipinski definition) is 0. The second-order valence-corrected chi connectivity index (χ2v) is 4.43. The second-order valence-electron chi connectivity index (χ2n) is 2.70. The van der Waals surface area contributed by atoms with Crippen molar-refractivity contribution in [3.8, 4) is 0 Å². The smallest absolute Gasteiger partial charge is 0 e. The van der Waals surface area contributed by atoms with Crippen molar-refractivity contribution < 1.29 is 21.1 Å². The molecule has 0 saturated heterocycles. The van der Waals surface area contributed by atoms with Crippen molar-refractivity contribution >= 4 is 28.3 Å². The van der Waals surface area contributed by atoms with Crippen LogP contribution in [-0.4, -0.2) is 16.6 Å². The first-order chi connectivity index (χ1) is 5.81. The molecule has 0 heterocycles. The molecular weight excluding hydrogens is 282 g/mol. The fraction of sp³-hybridized carbons (Fsp3) is 0.889. The Balaban J connectivity index is 0. The van der Waals surface area contributed by atoms with Gasteiger partial charge in [-0.3, -0.25) is 0 Å². The number of nitrogens with zero attached hydrogens (tertiary/aromatic N) is 1. The van der Waals surface area contributed by atoms with E-state index >= 15 is 0 Å². The molecule has 4 heteroatoms. The molecule has 0 unspecified atom stereocenters. The van der Waals surface area contributed by atoms with Gasteiger partial charge in [-0.15, -0.1) is 18.3 Å². The molecule has 13 heavy (non-hydrogen) atoms. The van der Waals surface area contributed by atoms with Gasteiger partial charge in [0.2, 0.25) is 0 Å². The van der Waals surface area contributed by atoms with Crippen LogP contribution in [0.4, 0.5) is 0 Å². The first-order valence-electron chi connectivity index (χ1n) is 4.65. The Kier molecular flexibility index (Phi) is 16.3. The Morgan fingerprint density at radius 3 is 2.38 bits per heavy atom. The number of rotatable bonds is 6. The maximum atomic E-state index is 5.08. The predicted octanol–water partition coefficient (Wildman–Crippen LogP) is 3.98. The van der Waals surface area contributed by atoms with Crippen molar-refractivity contribution in [2.45, 2.75) is 39.5 Å². The average Bonchev–Trinajstić information content (AvgIpc) is 2.06. The van der Waals surface area contributed by atoms with E-state index in [1.54, 1.807) is 11.8 Å². The van der Waals surface area contributed by atoms with Crippen molar-refractivity contribution in [1.29, 1.82) is 0 Å². The van der Waals surface area contributed by atoms with Gasteiger partial charge >= 0.3 is 0 Å². The Morgan fingerprint density at radius 2 is 1.85 bits per heavy atom. The van der Waals surface area contributed by atoms with E-state index < -0.39 is 0 Å². The van der Waals surface area contributed by atoms with Gasteiger partial charge in [0.05, 0.1) is 0 Å². The maximum Gasteiger partial charge on any atom is 0 e. The van der Waals surface area contributed by atoms with E-state index in [9.17, 15) is 0 Å². The molecule has 0 aliphatic heterocycles. The molecule has 0 aromatic carbocycles. The van der Waals surface area contributed by atoms with Gasteiger partial charge in [0.1, 0.15) is 0 Å². The minimum Gasteiger partial charge on any atom is -0.669 e. The molecule has 0 aliphatic carbocycles. The minimum atomic E-state index is 0. The quantitative estimate of drug-likeness (QED) is 0.418. The SMILES string of the molecule is CCCC[N-]C(=S)SCCCC.[Mo]. The van der Waals surface area contributed by atoms with E-state index in [0.717, 1.165) is 23.0 Å². The largest absolute Gasteiger partial charge is 0.669 e. The zero-order valence-electron chi connectivity index (χ0n) is 8.41. The summed E-state index contributed by atoms with van der Waals surface area (Å²) < 4.78 is 0.844.